The summed E-state index contributed by atoms with van der Waals surface area (Å²) in [6.07, 6.45) is 32.6. The molecule has 0 amide bonds. The van der Waals surface area contributed by atoms with E-state index in [1.807, 2.05) is 0 Å². The molecule has 6 aliphatic carbocycles. The number of hydrogen-bond acceptors (Lipinski definition) is 0. The normalized spacial score (nSPS) is 32.2. The van der Waals surface area contributed by atoms with Gasteiger partial charge in [-0.05, 0) is 84.9 Å². The van der Waals surface area contributed by atoms with E-state index in [-0.39, 0.29) is 94.8 Å². The first kappa shape index (κ1) is 53.0. The fourth-order valence-corrected chi connectivity index (χ4v) is 17.0. The smallest absolute Gasteiger partial charge is 1.00 e. The van der Waals surface area contributed by atoms with E-state index in [1.54, 1.807) is 11.1 Å². The molecule has 3 radical (unpaired) electrons. The van der Waals surface area contributed by atoms with Crippen molar-refractivity contribution in [2.45, 2.75) is 81.1 Å². The van der Waals surface area contributed by atoms with Crippen LogP contribution in [0.2, 0.25) is 0 Å². The van der Waals surface area contributed by atoms with Gasteiger partial charge in [-0.25, -0.2) is 0 Å². The molecule has 4 heteroatoms. The monoisotopic (exact) mass is 1060 g/mol. The van der Waals surface area contributed by atoms with Crippen LogP contribution >= 0.6 is 0 Å². The first-order chi connectivity index (χ1) is 32.7. The maximum Gasteiger partial charge on any atom is 3.00 e. The predicted molar refractivity (Wildman–Crippen MR) is 293 cm³/mol. The van der Waals surface area contributed by atoms with Crippen molar-refractivity contribution in [2.75, 3.05) is 0 Å². The van der Waals surface area contributed by atoms with Crippen LogP contribution in [0.1, 0.15) is 92.2 Å². The van der Waals surface area contributed by atoms with Crippen LogP contribution in [0.3, 0.4) is 0 Å². The first-order valence-electron chi connectivity index (χ1n) is 25.3. The third-order valence-corrected chi connectivity index (χ3v) is 21.4. The van der Waals surface area contributed by atoms with Gasteiger partial charge >= 0.3 is 26.2 Å². The summed E-state index contributed by atoms with van der Waals surface area (Å²) in [6, 6.07) is 48.7. The summed E-state index contributed by atoms with van der Waals surface area (Å²) in [7, 11) is 0.777. The van der Waals surface area contributed by atoms with E-state index in [9.17, 15) is 0 Å². The van der Waals surface area contributed by atoms with Crippen LogP contribution in [0.4, 0.5) is 0 Å². The van der Waals surface area contributed by atoms with Gasteiger partial charge < -0.3 is 31.2 Å². The topological polar surface area (TPSA) is 0 Å². The second-order valence-corrected chi connectivity index (χ2v) is 23.6. The summed E-state index contributed by atoms with van der Waals surface area (Å²) < 4.78 is 0. The number of hydrogen-bond donors (Lipinski definition) is 0. The Morgan fingerprint density at radius 3 is 1.83 bits per heavy atom. The van der Waals surface area contributed by atoms with Crippen LogP contribution in [0, 0.1) is 50.2 Å². The number of halogens is 2. The molecule has 357 valence electrons. The zero-order valence-electron chi connectivity index (χ0n) is 43.0. The van der Waals surface area contributed by atoms with E-state index in [2.05, 4.69) is 269 Å². The third-order valence-electron chi connectivity index (χ3n) is 20.2. The molecule has 9 unspecified atom stereocenters. The molecule has 9 atom stereocenters. The largest absolute Gasteiger partial charge is 3.00 e. The second kappa shape index (κ2) is 19.2. The molecule has 0 saturated heterocycles. The Morgan fingerprint density at radius 1 is 0.577 bits per heavy atom. The van der Waals surface area contributed by atoms with Gasteiger partial charge in [-0.15, -0.1) is 17.4 Å². The molecule has 12 rings (SSSR count). The van der Waals surface area contributed by atoms with Gasteiger partial charge in [0, 0.05) is 16.7 Å². The summed E-state index contributed by atoms with van der Waals surface area (Å²) in [6.45, 7) is 23.4. The summed E-state index contributed by atoms with van der Waals surface area (Å²) in [5.41, 5.74) is 9.28. The number of allylic oxidation sites excluding steroid dienone is 13. The molecular formula is C67H67Cl2SiZr. The minimum absolute atomic E-state index is 0. The van der Waals surface area contributed by atoms with Crippen LogP contribution in [0.25, 0.3) is 38.7 Å². The maximum atomic E-state index is 2.86. The van der Waals surface area contributed by atoms with E-state index in [0.29, 0.717) is 5.92 Å². The van der Waals surface area contributed by atoms with Crippen molar-refractivity contribution in [3.8, 4) is 11.1 Å². The molecule has 0 aromatic heterocycles. The molecule has 6 aliphatic rings. The number of fused-ring (bicyclic) bond motifs is 12. The molecule has 0 N–H and O–H groups in total. The molecule has 2 saturated carbocycles. The zero-order valence-corrected chi connectivity index (χ0v) is 47.9. The summed E-state index contributed by atoms with van der Waals surface area (Å²) >= 11 is 0. The van der Waals surface area contributed by atoms with Crippen LogP contribution in [-0.4, -0.2) is 9.52 Å². The van der Waals surface area contributed by atoms with Crippen LogP contribution in [0.5, 0.6) is 0 Å². The molecule has 0 spiro atoms. The Bertz CT molecular complexity index is 3190. The second-order valence-electron chi connectivity index (χ2n) is 22.1. The Kier molecular flexibility index (Phi) is 14.3. The predicted octanol–water partition coefficient (Wildman–Crippen LogP) is 10.3. The fraction of sp³-hybridized carbons (Fsp3) is 0.299. The minimum Gasteiger partial charge on any atom is -1.00 e. The van der Waals surface area contributed by atoms with Gasteiger partial charge in [-0.3, -0.25) is 0 Å². The fourth-order valence-electron chi connectivity index (χ4n) is 15.9. The van der Waals surface area contributed by atoms with Crippen molar-refractivity contribution in [3.05, 3.63) is 228 Å². The standard InChI is InChI=1S/C55H57.C12H10Si.2ClH.Zr/c1-10-20-38-34-46-43(45-33-37-22-11-12-24-40(37)41-25-13-14-26-42(41)45)27-18-28-44(46)48(38)47-29-19-32-50(4)49(3)30-15-16-31-51(49,5)55(9)52(6,54(47,50)8)35-39-23-17-21-36(2)53(39,55)7;1-3-7-11(8-4-1)13-12-9-5-2-6-10-12;;;/h11-19,21-35,39,48H,10,20H2,1-9H3;1-10H;2*1H;/q-1;;;;+3/p-2. The van der Waals surface area contributed by atoms with E-state index in [4.69, 9.17) is 0 Å². The Hall–Kier alpha value is -4.30. The van der Waals surface area contributed by atoms with E-state index in [1.165, 1.54) is 59.7 Å². The Labute approximate surface area is 459 Å². The van der Waals surface area contributed by atoms with Gasteiger partial charge in [0.05, 0.1) is 0 Å². The van der Waals surface area contributed by atoms with Crippen molar-refractivity contribution >= 4 is 47.5 Å². The number of rotatable bonds is 6. The molecule has 71 heavy (non-hydrogen) atoms. The SMILES string of the molecule is CCCC1=Cc2c(-c3cc4ccccc4c4ccccc34)cccc2C1C1=CC=CC2(C)C3(C)C=CC=CC3(C)C3(C)C4(C)C(C)=CC=CC4[CH-]C3(C)C12C.[Cl-].[Cl-].[Zr+3].c1ccc([Si]c2ccccc2)cc1. The summed E-state index contributed by atoms with van der Waals surface area (Å²) in [5, 5.41) is 8.07. The third kappa shape index (κ3) is 7.03. The molecule has 0 heterocycles. The molecule has 2 fully saturated rings. The average Bonchev–Trinajstić information content (AvgIpc) is 3.81. The van der Waals surface area contributed by atoms with Crippen molar-refractivity contribution in [1.82, 2.24) is 0 Å². The Morgan fingerprint density at radius 2 is 1.17 bits per heavy atom. The van der Waals surface area contributed by atoms with Crippen molar-refractivity contribution < 1.29 is 51.0 Å². The zero-order chi connectivity index (χ0) is 47.3. The Balaban J connectivity index is 0.000000368. The van der Waals surface area contributed by atoms with E-state index >= 15 is 0 Å². The van der Waals surface area contributed by atoms with Gasteiger partial charge in [-0.2, -0.15) is 0 Å². The van der Waals surface area contributed by atoms with E-state index in [0.717, 1.165) is 22.4 Å². The van der Waals surface area contributed by atoms with Crippen LogP contribution in [0.15, 0.2) is 211 Å². The molecule has 0 bridgehead atoms. The number of benzene rings is 6. The van der Waals surface area contributed by atoms with Gasteiger partial charge in [0.25, 0.3) is 0 Å². The quantitative estimate of drug-likeness (QED) is 0.0886. The van der Waals surface area contributed by atoms with Gasteiger partial charge in [0.1, 0.15) is 9.52 Å². The first-order valence-corrected chi connectivity index (χ1v) is 26.3. The molecule has 0 aliphatic heterocycles. The maximum absolute atomic E-state index is 2.86. The van der Waals surface area contributed by atoms with Gasteiger partial charge in [0.2, 0.25) is 0 Å². The van der Waals surface area contributed by atoms with Crippen LogP contribution in [-0.2, 0) is 26.2 Å². The van der Waals surface area contributed by atoms with Gasteiger partial charge in [0.15, 0.2) is 0 Å². The van der Waals surface area contributed by atoms with E-state index < -0.39 is 0 Å². The molecule has 0 nitrogen and oxygen atoms in total. The molecular weight excluding hydrogens is 995 g/mol. The average molecular weight is 1060 g/mol. The van der Waals surface area contributed by atoms with Crippen LogP contribution < -0.4 is 35.2 Å². The van der Waals surface area contributed by atoms with Gasteiger partial charge in [-0.1, -0.05) is 277 Å². The molecule has 6 aromatic rings. The van der Waals surface area contributed by atoms with Crippen molar-refractivity contribution in [2.24, 2.45) is 43.8 Å². The summed E-state index contributed by atoms with van der Waals surface area (Å²) in [5.74, 6) is 0.567. The minimum atomic E-state index is -0.216. The molecule has 6 aromatic carbocycles. The summed E-state index contributed by atoms with van der Waals surface area (Å²) in [4.78, 5) is 0. The van der Waals surface area contributed by atoms with Crippen molar-refractivity contribution in [1.29, 1.82) is 0 Å². The van der Waals surface area contributed by atoms with Crippen molar-refractivity contribution in [3.63, 3.8) is 0 Å².